The number of nitrogens with zero attached hydrogens (tertiary/aromatic N) is 2. The van der Waals surface area contributed by atoms with Gasteiger partial charge in [-0.05, 0) is 19.1 Å². The molecule has 1 aliphatic carbocycles. The van der Waals surface area contributed by atoms with Crippen molar-refractivity contribution in [2.24, 2.45) is 0 Å². The van der Waals surface area contributed by atoms with Crippen LogP contribution >= 0.6 is 11.8 Å². The number of anilines is 1. The van der Waals surface area contributed by atoms with E-state index in [0.29, 0.717) is 6.04 Å². The highest BCUT2D eigenvalue weighted by molar-refractivity contribution is 7.98. The van der Waals surface area contributed by atoms with Gasteiger partial charge in [-0.2, -0.15) is 0 Å². The van der Waals surface area contributed by atoms with Crippen LogP contribution in [0.2, 0.25) is 0 Å². The number of nitrogens with one attached hydrogen (secondary N) is 2. The summed E-state index contributed by atoms with van der Waals surface area (Å²) < 4.78 is 0. The first-order valence-electron chi connectivity index (χ1n) is 7.28. The van der Waals surface area contributed by atoms with E-state index >= 15 is 0 Å². The summed E-state index contributed by atoms with van der Waals surface area (Å²) in [5.41, 5.74) is 2.52. The van der Waals surface area contributed by atoms with E-state index in [-0.39, 0.29) is 0 Å². The second kappa shape index (κ2) is 6.09. The van der Waals surface area contributed by atoms with Gasteiger partial charge in [0.1, 0.15) is 5.82 Å². The van der Waals surface area contributed by atoms with Crippen molar-refractivity contribution in [2.75, 3.05) is 18.1 Å². The lowest BCUT2D eigenvalue weighted by atomic mass is 9.95. The average Bonchev–Trinajstić information content (AvgIpc) is 2.48. The zero-order chi connectivity index (χ0) is 13.1. The Bertz CT molecular complexity index is 443. The molecule has 19 heavy (non-hydrogen) atoms. The van der Waals surface area contributed by atoms with Crippen LogP contribution in [0.3, 0.4) is 0 Å². The predicted octanol–water partition coefficient (Wildman–Crippen LogP) is 2.59. The number of aromatic nitrogens is 2. The van der Waals surface area contributed by atoms with Crippen LogP contribution in [0.25, 0.3) is 0 Å². The molecule has 0 bridgehead atoms. The average molecular weight is 278 g/mol. The third-order valence-electron chi connectivity index (χ3n) is 4.04. The van der Waals surface area contributed by atoms with Crippen molar-refractivity contribution in [3.05, 3.63) is 11.3 Å². The van der Waals surface area contributed by atoms with Crippen molar-refractivity contribution in [3.63, 3.8) is 0 Å². The van der Waals surface area contributed by atoms with E-state index in [9.17, 15) is 0 Å². The molecular formula is C14H22N4S. The molecule has 0 spiro atoms. The van der Waals surface area contributed by atoms with Gasteiger partial charge in [-0.1, -0.05) is 31.0 Å². The number of rotatable bonds is 3. The molecule has 0 atom stereocenters. The smallest absolute Gasteiger partial charge is 0.189 e. The molecule has 0 radical (unpaired) electrons. The fourth-order valence-electron chi connectivity index (χ4n) is 2.97. The molecule has 1 aromatic rings. The van der Waals surface area contributed by atoms with E-state index in [1.165, 1.54) is 43.4 Å². The number of hydrogen-bond donors (Lipinski definition) is 2. The SMILES string of the molecule is CSc1nc2c(c(NC3CCCCC3)n1)CNCC2. The second-order valence-electron chi connectivity index (χ2n) is 5.39. The summed E-state index contributed by atoms with van der Waals surface area (Å²) in [4.78, 5) is 9.36. The number of hydrogen-bond acceptors (Lipinski definition) is 5. The van der Waals surface area contributed by atoms with Crippen LogP contribution in [0.1, 0.15) is 43.4 Å². The van der Waals surface area contributed by atoms with E-state index in [1.54, 1.807) is 11.8 Å². The molecule has 4 nitrogen and oxygen atoms in total. The van der Waals surface area contributed by atoms with Gasteiger partial charge in [-0.25, -0.2) is 9.97 Å². The Labute approximate surface area is 119 Å². The zero-order valence-electron chi connectivity index (χ0n) is 11.5. The molecule has 0 amide bonds. The van der Waals surface area contributed by atoms with Crippen molar-refractivity contribution in [1.82, 2.24) is 15.3 Å². The molecule has 2 aliphatic rings. The molecule has 0 saturated heterocycles. The molecule has 2 heterocycles. The fraction of sp³-hybridized carbons (Fsp3) is 0.714. The van der Waals surface area contributed by atoms with E-state index < -0.39 is 0 Å². The quantitative estimate of drug-likeness (QED) is 0.657. The van der Waals surface area contributed by atoms with Gasteiger partial charge in [0.2, 0.25) is 0 Å². The highest BCUT2D eigenvalue weighted by atomic mass is 32.2. The largest absolute Gasteiger partial charge is 0.367 e. The van der Waals surface area contributed by atoms with E-state index in [1.807, 2.05) is 6.26 Å². The molecule has 1 aliphatic heterocycles. The summed E-state index contributed by atoms with van der Waals surface area (Å²) >= 11 is 1.64. The Kier molecular flexibility index (Phi) is 4.23. The van der Waals surface area contributed by atoms with Crippen LogP contribution in [-0.4, -0.2) is 28.8 Å². The van der Waals surface area contributed by atoms with Crippen LogP contribution in [0.4, 0.5) is 5.82 Å². The third-order valence-corrected chi connectivity index (χ3v) is 4.59. The van der Waals surface area contributed by atoms with Crippen molar-refractivity contribution in [2.45, 2.75) is 56.3 Å². The molecule has 3 rings (SSSR count). The summed E-state index contributed by atoms with van der Waals surface area (Å²) in [6.07, 6.45) is 9.70. The second-order valence-corrected chi connectivity index (χ2v) is 6.16. The van der Waals surface area contributed by atoms with E-state index in [4.69, 9.17) is 4.98 Å². The highest BCUT2D eigenvalue weighted by Crippen LogP contribution is 2.27. The van der Waals surface area contributed by atoms with Crippen LogP contribution in [0.15, 0.2) is 5.16 Å². The molecule has 2 N–H and O–H groups in total. The predicted molar refractivity (Wildman–Crippen MR) is 79.7 cm³/mol. The molecule has 0 unspecified atom stereocenters. The molecule has 104 valence electrons. The first-order valence-corrected chi connectivity index (χ1v) is 8.50. The minimum atomic E-state index is 0.601. The lowest BCUT2D eigenvalue weighted by Gasteiger charge is -2.26. The molecule has 1 fully saturated rings. The van der Waals surface area contributed by atoms with Crippen molar-refractivity contribution in [1.29, 1.82) is 0 Å². The highest BCUT2D eigenvalue weighted by Gasteiger charge is 2.20. The first kappa shape index (κ1) is 13.2. The van der Waals surface area contributed by atoms with Gasteiger partial charge in [0.25, 0.3) is 0 Å². The maximum absolute atomic E-state index is 4.70. The molecule has 1 aromatic heterocycles. The molecule has 1 saturated carbocycles. The van der Waals surface area contributed by atoms with Gasteiger partial charge < -0.3 is 10.6 Å². The Morgan fingerprint density at radius 3 is 2.84 bits per heavy atom. The van der Waals surface area contributed by atoms with Crippen LogP contribution in [-0.2, 0) is 13.0 Å². The maximum Gasteiger partial charge on any atom is 0.189 e. The Hall–Kier alpha value is -0.810. The molecular weight excluding hydrogens is 256 g/mol. The van der Waals surface area contributed by atoms with E-state index in [2.05, 4.69) is 15.6 Å². The Morgan fingerprint density at radius 2 is 2.05 bits per heavy atom. The Balaban J connectivity index is 1.85. The van der Waals surface area contributed by atoms with Gasteiger partial charge in [0.15, 0.2) is 5.16 Å². The van der Waals surface area contributed by atoms with Crippen LogP contribution in [0, 0.1) is 0 Å². The standard InChI is InChI=1S/C14H22N4S/c1-19-14-17-12-7-8-15-9-11(12)13(18-14)16-10-5-3-2-4-6-10/h10,15H,2-9H2,1H3,(H,16,17,18). The zero-order valence-corrected chi connectivity index (χ0v) is 12.4. The van der Waals surface area contributed by atoms with Gasteiger partial charge >= 0.3 is 0 Å². The monoisotopic (exact) mass is 278 g/mol. The van der Waals surface area contributed by atoms with Crippen LogP contribution < -0.4 is 10.6 Å². The fourth-order valence-corrected chi connectivity index (χ4v) is 3.36. The minimum absolute atomic E-state index is 0.601. The Morgan fingerprint density at radius 1 is 1.21 bits per heavy atom. The third kappa shape index (κ3) is 3.03. The minimum Gasteiger partial charge on any atom is -0.367 e. The van der Waals surface area contributed by atoms with Gasteiger partial charge in [-0.3, -0.25) is 0 Å². The van der Waals surface area contributed by atoms with E-state index in [0.717, 1.165) is 30.5 Å². The summed E-state index contributed by atoms with van der Waals surface area (Å²) in [6, 6.07) is 0.601. The summed E-state index contributed by atoms with van der Waals surface area (Å²) in [5.74, 6) is 1.08. The topological polar surface area (TPSA) is 49.8 Å². The van der Waals surface area contributed by atoms with Crippen molar-refractivity contribution in [3.8, 4) is 0 Å². The molecule has 0 aromatic carbocycles. The number of fused-ring (bicyclic) bond motifs is 1. The lowest BCUT2D eigenvalue weighted by Crippen LogP contribution is -2.29. The summed E-state index contributed by atoms with van der Waals surface area (Å²) in [6.45, 7) is 1.93. The first-order chi connectivity index (χ1) is 9.36. The maximum atomic E-state index is 4.70. The van der Waals surface area contributed by atoms with Gasteiger partial charge in [-0.15, -0.1) is 0 Å². The summed E-state index contributed by atoms with van der Waals surface area (Å²) in [7, 11) is 0. The normalized spacial score (nSPS) is 20.1. The van der Waals surface area contributed by atoms with Crippen LogP contribution in [0.5, 0.6) is 0 Å². The van der Waals surface area contributed by atoms with Gasteiger partial charge in [0, 0.05) is 31.1 Å². The molecule has 5 heteroatoms. The van der Waals surface area contributed by atoms with Crippen molar-refractivity contribution < 1.29 is 0 Å². The lowest BCUT2D eigenvalue weighted by molar-refractivity contribution is 0.460. The van der Waals surface area contributed by atoms with Crippen molar-refractivity contribution >= 4 is 17.6 Å². The van der Waals surface area contributed by atoms with Gasteiger partial charge in [0.05, 0.1) is 5.69 Å². The summed E-state index contributed by atoms with van der Waals surface area (Å²) in [5, 5.41) is 8.01. The number of thioether (sulfide) groups is 1.